The van der Waals surface area contributed by atoms with Crippen molar-refractivity contribution >= 4 is 17.3 Å². The van der Waals surface area contributed by atoms with Crippen LogP contribution in [0.3, 0.4) is 0 Å². The summed E-state index contributed by atoms with van der Waals surface area (Å²) in [5.41, 5.74) is 1.76. The van der Waals surface area contributed by atoms with Gasteiger partial charge < -0.3 is 4.90 Å². The second-order valence-electron chi connectivity index (χ2n) is 5.37. The van der Waals surface area contributed by atoms with E-state index in [2.05, 4.69) is 11.0 Å². The molecule has 1 aromatic carbocycles. The summed E-state index contributed by atoms with van der Waals surface area (Å²) in [4.78, 5) is 2.47. The first-order valence-electron chi connectivity index (χ1n) is 6.76. The van der Waals surface area contributed by atoms with E-state index in [9.17, 15) is 0 Å². The van der Waals surface area contributed by atoms with Crippen LogP contribution in [0, 0.1) is 17.2 Å². The molecule has 3 rings (SSSR count). The van der Waals surface area contributed by atoms with Gasteiger partial charge in [-0.15, -0.1) is 0 Å². The van der Waals surface area contributed by atoms with Crippen molar-refractivity contribution in [3.8, 4) is 6.07 Å². The highest BCUT2D eigenvalue weighted by Gasteiger charge is 2.36. The van der Waals surface area contributed by atoms with Crippen LogP contribution in [0.5, 0.6) is 0 Å². The second kappa shape index (κ2) is 4.82. The number of rotatable bonds is 1. The van der Waals surface area contributed by atoms with Crippen LogP contribution in [0.25, 0.3) is 0 Å². The molecule has 0 radical (unpaired) electrons. The van der Waals surface area contributed by atoms with E-state index in [1.165, 1.54) is 32.1 Å². The fraction of sp³-hybridized carbons (Fsp3) is 0.533. The molecule has 2 unspecified atom stereocenters. The van der Waals surface area contributed by atoms with Gasteiger partial charge >= 0.3 is 0 Å². The van der Waals surface area contributed by atoms with E-state index in [0.717, 1.165) is 23.2 Å². The molecule has 18 heavy (non-hydrogen) atoms. The van der Waals surface area contributed by atoms with Gasteiger partial charge in [0.1, 0.15) is 0 Å². The van der Waals surface area contributed by atoms with Crippen molar-refractivity contribution in [3.05, 3.63) is 28.8 Å². The fourth-order valence-electron chi connectivity index (χ4n) is 3.51. The molecule has 0 bridgehead atoms. The van der Waals surface area contributed by atoms with E-state index in [1.807, 2.05) is 12.1 Å². The van der Waals surface area contributed by atoms with Crippen molar-refractivity contribution in [2.75, 3.05) is 11.4 Å². The molecule has 2 fully saturated rings. The molecular weight excluding hydrogens is 244 g/mol. The Bertz CT molecular complexity index is 492. The van der Waals surface area contributed by atoms with E-state index in [0.29, 0.717) is 11.6 Å². The summed E-state index contributed by atoms with van der Waals surface area (Å²) in [6.45, 7) is 1.11. The predicted molar refractivity (Wildman–Crippen MR) is 73.9 cm³/mol. The number of nitriles is 1. The van der Waals surface area contributed by atoms with Crippen molar-refractivity contribution in [1.29, 1.82) is 5.26 Å². The van der Waals surface area contributed by atoms with Gasteiger partial charge in [0.25, 0.3) is 0 Å². The van der Waals surface area contributed by atoms with Crippen LogP contribution in [0.15, 0.2) is 18.2 Å². The van der Waals surface area contributed by atoms with Gasteiger partial charge in [-0.05, 0) is 43.4 Å². The number of fused-ring (bicyclic) bond motifs is 1. The molecule has 0 aromatic heterocycles. The standard InChI is InChI=1S/C15H17ClN2/c16-13-9-11(10-17)5-6-15(13)18-8-7-12-3-1-2-4-14(12)18/h5-6,9,12,14H,1-4,7-8H2. The molecule has 1 aliphatic heterocycles. The molecule has 94 valence electrons. The number of anilines is 1. The zero-order valence-electron chi connectivity index (χ0n) is 10.4. The number of halogens is 1. The summed E-state index contributed by atoms with van der Waals surface area (Å²) in [5, 5.41) is 9.61. The highest BCUT2D eigenvalue weighted by atomic mass is 35.5. The van der Waals surface area contributed by atoms with Gasteiger partial charge in [0.05, 0.1) is 22.3 Å². The van der Waals surface area contributed by atoms with Crippen LogP contribution >= 0.6 is 11.6 Å². The van der Waals surface area contributed by atoms with Crippen LogP contribution in [0.4, 0.5) is 5.69 Å². The summed E-state index contributed by atoms with van der Waals surface area (Å²) < 4.78 is 0. The lowest BCUT2D eigenvalue weighted by molar-refractivity contribution is 0.342. The molecule has 3 heteroatoms. The van der Waals surface area contributed by atoms with Gasteiger partial charge in [0.2, 0.25) is 0 Å². The molecule has 1 aromatic rings. The Labute approximate surface area is 113 Å². The summed E-state index contributed by atoms with van der Waals surface area (Å²) in [6.07, 6.45) is 6.68. The topological polar surface area (TPSA) is 27.0 Å². The van der Waals surface area contributed by atoms with E-state index in [1.54, 1.807) is 6.07 Å². The summed E-state index contributed by atoms with van der Waals surface area (Å²) in [6, 6.07) is 8.48. The van der Waals surface area contributed by atoms with Crippen LogP contribution < -0.4 is 4.90 Å². The Balaban J connectivity index is 1.89. The Hall–Kier alpha value is -1.20. The molecular formula is C15H17ClN2. The number of hydrogen-bond donors (Lipinski definition) is 0. The fourth-order valence-corrected chi connectivity index (χ4v) is 3.80. The second-order valence-corrected chi connectivity index (χ2v) is 5.78. The van der Waals surface area contributed by atoms with Gasteiger partial charge in [0.15, 0.2) is 0 Å². The van der Waals surface area contributed by atoms with Gasteiger partial charge in [-0.25, -0.2) is 0 Å². The maximum absolute atomic E-state index is 8.88. The van der Waals surface area contributed by atoms with E-state index < -0.39 is 0 Å². The number of benzene rings is 1. The zero-order valence-corrected chi connectivity index (χ0v) is 11.2. The van der Waals surface area contributed by atoms with E-state index in [-0.39, 0.29) is 0 Å². The van der Waals surface area contributed by atoms with Crippen LogP contribution in [-0.2, 0) is 0 Å². The quantitative estimate of drug-likeness (QED) is 0.764. The normalized spacial score (nSPS) is 26.8. The van der Waals surface area contributed by atoms with Crippen molar-refractivity contribution in [2.24, 2.45) is 5.92 Å². The van der Waals surface area contributed by atoms with Crippen LogP contribution in [0.1, 0.15) is 37.7 Å². The third-order valence-corrected chi connectivity index (χ3v) is 4.70. The molecule has 0 spiro atoms. The van der Waals surface area contributed by atoms with Crippen molar-refractivity contribution < 1.29 is 0 Å². The minimum Gasteiger partial charge on any atom is -0.367 e. The molecule has 0 N–H and O–H groups in total. The van der Waals surface area contributed by atoms with Gasteiger partial charge in [-0.1, -0.05) is 24.4 Å². The molecule has 2 nitrogen and oxygen atoms in total. The molecule has 1 saturated carbocycles. The Morgan fingerprint density at radius 1 is 1.22 bits per heavy atom. The highest BCUT2D eigenvalue weighted by molar-refractivity contribution is 6.33. The van der Waals surface area contributed by atoms with Gasteiger partial charge in [-0.2, -0.15) is 5.26 Å². The minimum atomic E-state index is 0.642. The average Bonchev–Trinajstić information content (AvgIpc) is 2.82. The van der Waals surface area contributed by atoms with E-state index in [4.69, 9.17) is 16.9 Å². The highest BCUT2D eigenvalue weighted by Crippen LogP contribution is 2.41. The first kappa shape index (κ1) is 11.9. The summed E-state index contributed by atoms with van der Waals surface area (Å²) in [5.74, 6) is 0.852. The molecule has 2 atom stereocenters. The largest absolute Gasteiger partial charge is 0.367 e. The summed E-state index contributed by atoms with van der Waals surface area (Å²) >= 11 is 6.33. The molecule has 1 heterocycles. The SMILES string of the molecule is N#Cc1ccc(N2CCC3CCCCC32)c(Cl)c1. The smallest absolute Gasteiger partial charge is 0.0992 e. The van der Waals surface area contributed by atoms with Crippen LogP contribution in [0.2, 0.25) is 5.02 Å². The predicted octanol–water partition coefficient (Wildman–Crippen LogP) is 3.98. The molecule has 0 amide bonds. The summed E-state index contributed by atoms with van der Waals surface area (Å²) in [7, 11) is 0. The maximum atomic E-state index is 8.88. The lowest BCUT2D eigenvalue weighted by atomic mass is 9.85. The van der Waals surface area contributed by atoms with Crippen molar-refractivity contribution in [3.63, 3.8) is 0 Å². The van der Waals surface area contributed by atoms with E-state index >= 15 is 0 Å². The Morgan fingerprint density at radius 3 is 2.83 bits per heavy atom. The maximum Gasteiger partial charge on any atom is 0.0992 e. The lowest BCUT2D eigenvalue weighted by Gasteiger charge is -2.33. The third-order valence-electron chi connectivity index (χ3n) is 4.40. The first-order chi connectivity index (χ1) is 8.79. The van der Waals surface area contributed by atoms with Crippen molar-refractivity contribution in [2.45, 2.75) is 38.1 Å². The Morgan fingerprint density at radius 2 is 2.06 bits per heavy atom. The average molecular weight is 261 g/mol. The first-order valence-corrected chi connectivity index (χ1v) is 7.13. The van der Waals surface area contributed by atoms with Gasteiger partial charge in [-0.3, -0.25) is 0 Å². The van der Waals surface area contributed by atoms with Crippen LogP contribution in [-0.4, -0.2) is 12.6 Å². The lowest BCUT2D eigenvalue weighted by Crippen LogP contribution is -2.34. The Kier molecular flexibility index (Phi) is 3.18. The third kappa shape index (κ3) is 1.97. The zero-order chi connectivity index (χ0) is 12.5. The van der Waals surface area contributed by atoms with Crippen molar-refractivity contribution in [1.82, 2.24) is 0 Å². The monoisotopic (exact) mass is 260 g/mol. The molecule has 1 aliphatic carbocycles. The number of hydrogen-bond acceptors (Lipinski definition) is 2. The minimum absolute atomic E-state index is 0.642. The molecule has 1 saturated heterocycles. The van der Waals surface area contributed by atoms with Gasteiger partial charge in [0, 0.05) is 12.6 Å². The number of nitrogens with zero attached hydrogens (tertiary/aromatic N) is 2. The molecule has 2 aliphatic rings.